The smallest absolute Gasteiger partial charge is 0.0427 e. The van der Waals surface area contributed by atoms with E-state index in [0.29, 0.717) is 0 Å². The zero-order valence-electron chi connectivity index (χ0n) is 12.5. The zero-order chi connectivity index (χ0) is 15.2. The standard InChI is InChI=1S/C19H25N/c1-6-11-14-18(9-4)16-20(10-5)17-19(13-8-3)15-12-7-2/h6-15H,2-5,16-17H2,1H3/b11-6-,15-12-,18-14+,19-13+. The van der Waals surface area contributed by atoms with Crippen molar-refractivity contribution in [1.82, 2.24) is 4.90 Å². The topological polar surface area (TPSA) is 3.24 Å². The van der Waals surface area contributed by atoms with E-state index in [9.17, 15) is 0 Å². The summed E-state index contributed by atoms with van der Waals surface area (Å²) in [7, 11) is 0. The molecule has 0 saturated heterocycles. The lowest BCUT2D eigenvalue weighted by Crippen LogP contribution is -2.21. The van der Waals surface area contributed by atoms with Crippen molar-refractivity contribution < 1.29 is 0 Å². The van der Waals surface area contributed by atoms with Gasteiger partial charge in [0.1, 0.15) is 0 Å². The summed E-state index contributed by atoms with van der Waals surface area (Å²) < 4.78 is 0. The Morgan fingerprint density at radius 3 is 2.10 bits per heavy atom. The van der Waals surface area contributed by atoms with Crippen LogP contribution in [0, 0.1) is 0 Å². The van der Waals surface area contributed by atoms with Crippen LogP contribution in [0.5, 0.6) is 0 Å². The molecular formula is C19H25N. The number of nitrogens with zero attached hydrogens (tertiary/aromatic N) is 1. The van der Waals surface area contributed by atoms with E-state index < -0.39 is 0 Å². The molecule has 0 bridgehead atoms. The van der Waals surface area contributed by atoms with Gasteiger partial charge < -0.3 is 4.90 Å². The molecule has 20 heavy (non-hydrogen) atoms. The van der Waals surface area contributed by atoms with E-state index in [-0.39, 0.29) is 0 Å². The van der Waals surface area contributed by atoms with Gasteiger partial charge in [-0.3, -0.25) is 0 Å². The Bertz CT molecular complexity index is 444. The lowest BCUT2D eigenvalue weighted by atomic mass is 10.1. The first kappa shape index (κ1) is 17.7. The van der Waals surface area contributed by atoms with Gasteiger partial charge in [-0.25, -0.2) is 0 Å². The summed E-state index contributed by atoms with van der Waals surface area (Å²) in [5.74, 6) is 0. The van der Waals surface area contributed by atoms with Crippen LogP contribution < -0.4 is 0 Å². The van der Waals surface area contributed by atoms with Gasteiger partial charge in [0.15, 0.2) is 0 Å². The van der Waals surface area contributed by atoms with Gasteiger partial charge in [-0.05, 0) is 24.3 Å². The molecule has 0 aromatic rings. The maximum Gasteiger partial charge on any atom is 0.0427 e. The molecule has 0 atom stereocenters. The molecule has 0 aliphatic carbocycles. The van der Waals surface area contributed by atoms with Crippen LogP contribution in [0.3, 0.4) is 0 Å². The molecule has 0 rings (SSSR count). The Labute approximate surface area is 124 Å². The Kier molecular flexibility index (Phi) is 10.4. The molecule has 0 amide bonds. The lowest BCUT2D eigenvalue weighted by Gasteiger charge is -2.21. The minimum absolute atomic E-state index is 0.765. The molecule has 1 heteroatoms. The van der Waals surface area contributed by atoms with Gasteiger partial charge >= 0.3 is 0 Å². The van der Waals surface area contributed by atoms with Crippen LogP contribution in [0.4, 0.5) is 0 Å². The first-order valence-corrected chi connectivity index (χ1v) is 6.63. The molecule has 0 unspecified atom stereocenters. The predicted octanol–water partition coefficient (Wildman–Crippen LogP) is 4.98. The Morgan fingerprint density at radius 1 is 0.900 bits per heavy atom. The Morgan fingerprint density at radius 2 is 1.60 bits per heavy atom. The second-order valence-corrected chi connectivity index (χ2v) is 4.13. The molecule has 0 N–H and O–H groups in total. The molecule has 0 fully saturated rings. The molecule has 0 spiro atoms. The van der Waals surface area contributed by atoms with E-state index >= 15 is 0 Å². The third-order valence-electron chi connectivity index (χ3n) is 2.57. The average molecular weight is 267 g/mol. The van der Waals surface area contributed by atoms with Gasteiger partial charge in [0.05, 0.1) is 0 Å². The SMILES string of the molecule is C=C/C=C\C(=C/C=C)CN(C=C)C/C(C=C)=C/C=C\C. The molecule has 0 radical (unpaired) electrons. The van der Waals surface area contributed by atoms with Gasteiger partial charge in [-0.1, -0.05) is 81.0 Å². The van der Waals surface area contributed by atoms with Crippen molar-refractivity contribution in [1.29, 1.82) is 0 Å². The summed E-state index contributed by atoms with van der Waals surface area (Å²) in [4.78, 5) is 2.12. The summed E-state index contributed by atoms with van der Waals surface area (Å²) in [6.07, 6.45) is 19.2. The van der Waals surface area contributed by atoms with Gasteiger partial charge in [0, 0.05) is 13.1 Å². The van der Waals surface area contributed by atoms with E-state index in [1.165, 1.54) is 0 Å². The van der Waals surface area contributed by atoms with Crippen molar-refractivity contribution in [2.75, 3.05) is 13.1 Å². The van der Waals surface area contributed by atoms with Gasteiger partial charge in [-0.2, -0.15) is 0 Å². The molecule has 1 nitrogen and oxygen atoms in total. The van der Waals surface area contributed by atoms with Crippen molar-refractivity contribution >= 4 is 0 Å². The van der Waals surface area contributed by atoms with Crippen molar-refractivity contribution in [3.05, 3.63) is 98.3 Å². The normalized spacial score (nSPS) is 12.7. The molecule has 106 valence electrons. The maximum atomic E-state index is 3.87. The fourth-order valence-corrected chi connectivity index (χ4v) is 1.56. The van der Waals surface area contributed by atoms with Crippen molar-refractivity contribution in [3.8, 4) is 0 Å². The van der Waals surface area contributed by atoms with Crippen LogP contribution in [0.25, 0.3) is 0 Å². The van der Waals surface area contributed by atoms with Crippen LogP contribution >= 0.6 is 0 Å². The first-order valence-electron chi connectivity index (χ1n) is 6.63. The van der Waals surface area contributed by atoms with E-state index in [2.05, 4.69) is 37.3 Å². The van der Waals surface area contributed by atoms with E-state index in [4.69, 9.17) is 0 Å². The summed E-state index contributed by atoms with van der Waals surface area (Å²) in [6, 6.07) is 0. The van der Waals surface area contributed by atoms with Crippen LogP contribution in [0.2, 0.25) is 0 Å². The molecule has 0 aromatic heterocycles. The molecule has 0 heterocycles. The van der Waals surface area contributed by atoms with Crippen LogP contribution in [-0.4, -0.2) is 18.0 Å². The third kappa shape index (κ3) is 7.93. The minimum Gasteiger partial charge on any atom is -0.369 e. The zero-order valence-corrected chi connectivity index (χ0v) is 12.5. The number of hydrogen-bond acceptors (Lipinski definition) is 1. The highest BCUT2D eigenvalue weighted by atomic mass is 15.1. The first-order chi connectivity index (χ1) is 9.71. The van der Waals surface area contributed by atoms with Crippen molar-refractivity contribution in [2.45, 2.75) is 6.92 Å². The molecular weight excluding hydrogens is 242 g/mol. The van der Waals surface area contributed by atoms with Gasteiger partial charge in [0.2, 0.25) is 0 Å². The molecule has 0 aliphatic rings. The van der Waals surface area contributed by atoms with Crippen molar-refractivity contribution in [2.24, 2.45) is 0 Å². The van der Waals surface area contributed by atoms with Crippen LogP contribution in [0.15, 0.2) is 98.3 Å². The van der Waals surface area contributed by atoms with Crippen LogP contribution in [-0.2, 0) is 0 Å². The van der Waals surface area contributed by atoms with Crippen LogP contribution in [0.1, 0.15) is 6.92 Å². The summed E-state index contributed by atoms with van der Waals surface area (Å²) >= 11 is 0. The third-order valence-corrected chi connectivity index (χ3v) is 2.57. The number of rotatable bonds is 10. The van der Waals surface area contributed by atoms with Gasteiger partial charge in [-0.15, -0.1) is 0 Å². The molecule has 0 aromatic carbocycles. The highest BCUT2D eigenvalue weighted by Gasteiger charge is 2.02. The Hall–Kier alpha value is -2.28. The number of hydrogen-bond donors (Lipinski definition) is 0. The fraction of sp³-hybridized carbons (Fsp3) is 0.158. The van der Waals surface area contributed by atoms with E-state index in [0.717, 1.165) is 24.2 Å². The average Bonchev–Trinajstić information content (AvgIpc) is 2.47. The fourth-order valence-electron chi connectivity index (χ4n) is 1.56. The lowest BCUT2D eigenvalue weighted by molar-refractivity contribution is 0.449. The second kappa shape index (κ2) is 11.8. The molecule has 0 aliphatic heterocycles. The number of allylic oxidation sites excluding steroid dienone is 7. The Balaban J connectivity index is 4.90. The highest BCUT2D eigenvalue weighted by Crippen LogP contribution is 2.07. The predicted molar refractivity (Wildman–Crippen MR) is 92.5 cm³/mol. The van der Waals surface area contributed by atoms with E-state index in [1.807, 2.05) is 49.6 Å². The second-order valence-electron chi connectivity index (χ2n) is 4.13. The maximum absolute atomic E-state index is 3.87. The van der Waals surface area contributed by atoms with E-state index in [1.54, 1.807) is 12.2 Å². The van der Waals surface area contributed by atoms with Gasteiger partial charge in [0.25, 0.3) is 0 Å². The summed E-state index contributed by atoms with van der Waals surface area (Å²) in [6.45, 7) is 18.7. The largest absolute Gasteiger partial charge is 0.369 e. The summed E-state index contributed by atoms with van der Waals surface area (Å²) in [5, 5.41) is 0. The monoisotopic (exact) mass is 267 g/mol. The molecule has 0 saturated carbocycles. The van der Waals surface area contributed by atoms with Crippen molar-refractivity contribution in [3.63, 3.8) is 0 Å². The summed E-state index contributed by atoms with van der Waals surface area (Å²) in [5.41, 5.74) is 2.29. The quantitative estimate of drug-likeness (QED) is 0.505. The highest BCUT2D eigenvalue weighted by molar-refractivity contribution is 5.28. The minimum atomic E-state index is 0.765.